The zero-order chi connectivity index (χ0) is 15.5. The second-order valence-electron chi connectivity index (χ2n) is 4.93. The van der Waals surface area contributed by atoms with Gasteiger partial charge in [0.2, 0.25) is 0 Å². The molecule has 0 aromatic heterocycles. The normalized spacial score (nSPS) is 12.9. The number of hydrogen-bond donors (Lipinski definition) is 1. The van der Waals surface area contributed by atoms with Gasteiger partial charge < -0.3 is 10.5 Å². The first-order valence-electron chi connectivity index (χ1n) is 6.73. The second-order valence-corrected chi connectivity index (χ2v) is 6.95. The first kappa shape index (κ1) is 15.5. The van der Waals surface area contributed by atoms with Crippen molar-refractivity contribution in [1.29, 1.82) is 0 Å². The Balaban J connectivity index is 2.19. The number of rotatable bonds is 5. The fourth-order valence-corrected chi connectivity index (χ4v) is 2.57. The van der Waals surface area contributed by atoms with E-state index in [-0.39, 0.29) is 10.9 Å². The van der Waals surface area contributed by atoms with E-state index in [1.807, 2.05) is 31.2 Å². The van der Waals surface area contributed by atoms with Crippen molar-refractivity contribution in [2.24, 2.45) is 5.73 Å². The molecule has 2 aromatic rings. The van der Waals surface area contributed by atoms with Crippen LogP contribution in [0.3, 0.4) is 0 Å². The number of nitrogens with two attached hydrogens (primary N) is 1. The van der Waals surface area contributed by atoms with Crippen LogP contribution in [-0.4, -0.2) is 14.7 Å². The highest BCUT2D eigenvalue weighted by molar-refractivity contribution is 7.90. The molecule has 0 spiro atoms. The lowest BCUT2D eigenvalue weighted by atomic mass is 10.1. The van der Waals surface area contributed by atoms with Gasteiger partial charge in [0.05, 0.1) is 4.90 Å². The predicted octanol–water partition coefficient (Wildman–Crippen LogP) is 3.29. The first-order chi connectivity index (χ1) is 9.90. The summed E-state index contributed by atoms with van der Waals surface area (Å²) in [4.78, 5) is 0.275. The lowest BCUT2D eigenvalue weighted by Crippen LogP contribution is -2.08. The number of hydrogen-bond acceptors (Lipinski definition) is 4. The fraction of sp³-hybridized carbons (Fsp3) is 0.250. The van der Waals surface area contributed by atoms with Crippen LogP contribution in [0.5, 0.6) is 11.5 Å². The Morgan fingerprint density at radius 2 is 1.76 bits per heavy atom. The third-order valence-corrected chi connectivity index (χ3v) is 4.34. The van der Waals surface area contributed by atoms with Crippen molar-refractivity contribution in [3.8, 4) is 11.5 Å². The van der Waals surface area contributed by atoms with Crippen molar-refractivity contribution >= 4 is 9.84 Å². The Bertz CT molecular complexity index is 709. The van der Waals surface area contributed by atoms with E-state index in [4.69, 9.17) is 10.5 Å². The quantitative estimate of drug-likeness (QED) is 0.920. The van der Waals surface area contributed by atoms with Gasteiger partial charge in [0, 0.05) is 12.3 Å². The van der Waals surface area contributed by atoms with Gasteiger partial charge in [-0.25, -0.2) is 8.42 Å². The minimum atomic E-state index is -3.19. The summed E-state index contributed by atoms with van der Waals surface area (Å²) in [5, 5.41) is 0. The van der Waals surface area contributed by atoms with E-state index in [1.165, 1.54) is 18.4 Å². The molecule has 0 bridgehead atoms. The van der Waals surface area contributed by atoms with E-state index in [1.54, 1.807) is 12.1 Å². The lowest BCUT2D eigenvalue weighted by molar-refractivity contribution is 0.480. The summed E-state index contributed by atoms with van der Waals surface area (Å²) in [7, 11) is -3.19. The van der Waals surface area contributed by atoms with Gasteiger partial charge in [-0.2, -0.15) is 0 Å². The van der Waals surface area contributed by atoms with Crippen LogP contribution < -0.4 is 10.5 Å². The highest BCUT2D eigenvalue weighted by Gasteiger charge is 2.08. The van der Waals surface area contributed by atoms with E-state index >= 15 is 0 Å². The van der Waals surface area contributed by atoms with E-state index in [2.05, 4.69) is 0 Å². The highest BCUT2D eigenvalue weighted by atomic mass is 32.2. The molecule has 112 valence electrons. The zero-order valence-corrected chi connectivity index (χ0v) is 12.9. The highest BCUT2D eigenvalue weighted by Crippen LogP contribution is 2.25. The summed E-state index contributed by atoms with van der Waals surface area (Å²) < 4.78 is 28.5. The monoisotopic (exact) mass is 305 g/mol. The van der Waals surface area contributed by atoms with Crippen LogP contribution in [0, 0.1) is 0 Å². The minimum absolute atomic E-state index is 0.0128. The topological polar surface area (TPSA) is 69.4 Å². The Morgan fingerprint density at radius 1 is 1.10 bits per heavy atom. The second kappa shape index (κ2) is 6.28. The standard InChI is InChI=1S/C16H19NO3S/c1-3-16(17)12-5-4-6-14(11-12)20-13-7-9-15(10-8-13)21(2,18)19/h4-11,16H,3,17H2,1-2H3. The first-order valence-corrected chi connectivity index (χ1v) is 8.63. The van der Waals surface area contributed by atoms with E-state index in [0.717, 1.165) is 12.0 Å². The fourth-order valence-electron chi connectivity index (χ4n) is 1.94. The number of benzene rings is 2. The smallest absolute Gasteiger partial charge is 0.175 e. The summed E-state index contributed by atoms with van der Waals surface area (Å²) in [5.74, 6) is 1.27. The molecular weight excluding hydrogens is 286 g/mol. The Kier molecular flexibility index (Phi) is 4.65. The van der Waals surface area contributed by atoms with Crippen LogP contribution in [0.1, 0.15) is 24.9 Å². The Morgan fingerprint density at radius 3 is 2.33 bits per heavy atom. The molecule has 21 heavy (non-hydrogen) atoms. The summed E-state index contributed by atoms with van der Waals surface area (Å²) in [6.45, 7) is 2.03. The van der Waals surface area contributed by atoms with Crippen molar-refractivity contribution in [3.05, 3.63) is 54.1 Å². The number of sulfone groups is 1. The van der Waals surface area contributed by atoms with Gasteiger partial charge in [0.25, 0.3) is 0 Å². The Labute approximate surface area is 125 Å². The average Bonchev–Trinajstić information content (AvgIpc) is 2.46. The van der Waals surface area contributed by atoms with Gasteiger partial charge in [-0.15, -0.1) is 0 Å². The molecule has 0 amide bonds. The van der Waals surface area contributed by atoms with Crippen LogP contribution in [0.15, 0.2) is 53.4 Å². The SMILES string of the molecule is CCC(N)c1cccc(Oc2ccc(S(C)(=O)=O)cc2)c1. The van der Waals surface area contributed by atoms with Gasteiger partial charge in [0.1, 0.15) is 11.5 Å². The molecule has 0 fully saturated rings. The zero-order valence-electron chi connectivity index (χ0n) is 12.1. The van der Waals surface area contributed by atoms with Crippen LogP contribution in [0.25, 0.3) is 0 Å². The lowest BCUT2D eigenvalue weighted by Gasteiger charge is -2.12. The van der Waals surface area contributed by atoms with Crippen LogP contribution >= 0.6 is 0 Å². The van der Waals surface area contributed by atoms with Gasteiger partial charge in [-0.3, -0.25) is 0 Å². The molecular formula is C16H19NO3S. The van der Waals surface area contributed by atoms with Crippen LogP contribution in [0.4, 0.5) is 0 Å². The molecule has 0 saturated carbocycles. The van der Waals surface area contributed by atoms with Gasteiger partial charge >= 0.3 is 0 Å². The van der Waals surface area contributed by atoms with Gasteiger partial charge in [0.15, 0.2) is 9.84 Å². The summed E-state index contributed by atoms with van der Waals surface area (Å²) in [5.41, 5.74) is 7.02. The number of ether oxygens (including phenoxy) is 1. The third-order valence-electron chi connectivity index (χ3n) is 3.21. The largest absolute Gasteiger partial charge is 0.457 e. The Hall–Kier alpha value is -1.85. The van der Waals surface area contributed by atoms with Crippen molar-refractivity contribution in [1.82, 2.24) is 0 Å². The summed E-state index contributed by atoms with van der Waals surface area (Å²) in [6, 6.07) is 13.9. The third kappa shape index (κ3) is 4.06. The van der Waals surface area contributed by atoms with Crippen LogP contribution in [0.2, 0.25) is 0 Å². The molecule has 4 nitrogen and oxygen atoms in total. The van der Waals surface area contributed by atoms with Crippen molar-refractivity contribution < 1.29 is 13.2 Å². The molecule has 0 aliphatic heterocycles. The molecule has 0 saturated heterocycles. The molecule has 2 aromatic carbocycles. The molecule has 5 heteroatoms. The van der Waals surface area contributed by atoms with E-state index in [9.17, 15) is 8.42 Å². The molecule has 0 aliphatic carbocycles. The molecule has 0 aliphatic rings. The van der Waals surface area contributed by atoms with Gasteiger partial charge in [-0.1, -0.05) is 19.1 Å². The average molecular weight is 305 g/mol. The molecule has 1 atom stereocenters. The van der Waals surface area contributed by atoms with E-state index in [0.29, 0.717) is 11.5 Å². The predicted molar refractivity (Wildman–Crippen MR) is 83.3 cm³/mol. The van der Waals surface area contributed by atoms with Crippen LogP contribution in [-0.2, 0) is 9.84 Å². The van der Waals surface area contributed by atoms with Crippen molar-refractivity contribution in [3.63, 3.8) is 0 Å². The van der Waals surface area contributed by atoms with Crippen molar-refractivity contribution in [2.45, 2.75) is 24.3 Å². The molecule has 2 rings (SSSR count). The maximum atomic E-state index is 11.4. The van der Waals surface area contributed by atoms with Gasteiger partial charge in [-0.05, 0) is 48.4 Å². The molecule has 2 N–H and O–H groups in total. The molecule has 0 heterocycles. The molecule has 1 unspecified atom stereocenters. The molecule has 0 radical (unpaired) electrons. The maximum Gasteiger partial charge on any atom is 0.175 e. The summed E-state index contributed by atoms with van der Waals surface area (Å²) in [6.07, 6.45) is 2.03. The van der Waals surface area contributed by atoms with Crippen molar-refractivity contribution in [2.75, 3.05) is 6.26 Å². The maximum absolute atomic E-state index is 11.4. The summed E-state index contributed by atoms with van der Waals surface area (Å²) >= 11 is 0. The van der Waals surface area contributed by atoms with E-state index < -0.39 is 9.84 Å². The minimum Gasteiger partial charge on any atom is -0.457 e.